The molecule has 0 fully saturated rings. The van der Waals surface area contributed by atoms with E-state index >= 15 is 0 Å². The molecule has 0 bridgehead atoms. The Kier molecular flexibility index (Phi) is 9.22. The lowest BCUT2D eigenvalue weighted by Gasteiger charge is -2.28. The van der Waals surface area contributed by atoms with Crippen LogP contribution in [0, 0.1) is 19.7 Å². The molecule has 1 aromatic heterocycles. The maximum absolute atomic E-state index is 13.5. The second kappa shape index (κ2) is 12.3. The fourth-order valence-electron chi connectivity index (χ4n) is 3.57. The number of halogens is 1. The average molecular weight is 482 g/mol. The molecule has 3 aromatic rings. The molecule has 0 saturated heterocycles. The van der Waals surface area contributed by atoms with E-state index < -0.39 is 0 Å². The van der Waals surface area contributed by atoms with E-state index in [9.17, 15) is 14.0 Å². The third-order valence-electron chi connectivity index (χ3n) is 5.56. The lowest BCUT2D eigenvalue weighted by molar-refractivity contribution is -0.133. The minimum atomic E-state index is -0.311. The van der Waals surface area contributed by atoms with Gasteiger partial charge in [-0.05, 0) is 61.7 Å². The third kappa shape index (κ3) is 7.42. The number of benzene rings is 2. The predicted molar refractivity (Wildman–Crippen MR) is 136 cm³/mol. The van der Waals surface area contributed by atoms with Crippen molar-refractivity contribution < 1.29 is 14.0 Å². The summed E-state index contributed by atoms with van der Waals surface area (Å²) in [5, 5.41) is 2.95. The molecule has 0 radical (unpaired) electrons. The van der Waals surface area contributed by atoms with Crippen LogP contribution in [0.2, 0.25) is 0 Å². The molecule has 34 heavy (non-hydrogen) atoms. The van der Waals surface area contributed by atoms with Crippen molar-refractivity contribution in [3.8, 4) is 0 Å². The Labute approximate surface area is 205 Å². The van der Waals surface area contributed by atoms with E-state index in [0.29, 0.717) is 19.6 Å². The van der Waals surface area contributed by atoms with Crippen LogP contribution >= 0.6 is 11.3 Å². The molecule has 0 spiro atoms. The highest BCUT2D eigenvalue weighted by Gasteiger charge is 2.22. The zero-order valence-electron chi connectivity index (χ0n) is 20.0. The predicted octanol–water partition coefficient (Wildman–Crippen LogP) is 6.37. The molecule has 7 heteroatoms. The molecule has 1 heterocycles. The molecule has 0 aliphatic heterocycles. The molecule has 1 N–H and O–H groups in total. The van der Waals surface area contributed by atoms with Crippen LogP contribution in [-0.2, 0) is 17.9 Å². The number of thiophene rings is 1. The Bertz CT molecular complexity index is 1100. The molecule has 180 valence electrons. The zero-order chi connectivity index (χ0) is 24.5. The van der Waals surface area contributed by atoms with Crippen molar-refractivity contribution in [3.63, 3.8) is 0 Å². The number of para-hydroxylation sites is 1. The lowest BCUT2D eigenvalue weighted by atomic mass is 10.2. The van der Waals surface area contributed by atoms with Crippen molar-refractivity contribution in [1.29, 1.82) is 0 Å². The quantitative estimate of drug-likeness (QED) is 0.366. The number of urea groups is 1. The number of carbonyl (C=O) groups is 2. The highest BCUT2D eigenvalue weighted by Crippen LogP contribution is 2.20. The monoisotopic (exact) mass is 481 g/mol. The molecule has 3 rings (SSSR count). The van der Waals surface area contributed by atoms with Gasteiger partial charge in [0.05, 0.1) is 6.54 Å². The van der Waals surface area contributed by atoms with Gasteiger partial charge in [-0.1, -0.05) is 43.7 Å². The van der Waals surface area contributed by atoms with Gasteiger partial charge in [-0.25, -0.2) is 9.18 Å². The van der Waals surface area contributed by atoms with E-state index in [0.717, 1.165) is 34.5 Å². The molecule has 5 nitrogen and oxygen atoms in total. The van der Waals surface area contributed by atoms with Crippen molar-refractivity contribution in [2.75, 3.05) is 18.4 Å². The van der Waals surface area contributed by atoms with Gasteiger partial charge in [-0.3, -0.25) is 4.79 Å². The Balaban J connectivity index is 1.77. The highest BCUT2D eigenvalue weighted by atomic mass is 32.1. The zero-order valence-corrected chi connectivity index (χ0v) is 20.8. The van der Waals surface area contributed by atoms with Crippen molar-refractivity contribution in [2.24, 2.45) is 0 Å². The van der Waals surface area contributed by atoms with Gasteiger partial charge in [-0.15, -0.1) is 11.3 Å². The first-order chi connectivity index (χ1) is 16.4. The van der Waals surface area contributed by atoms with E-state index in [1.165, 1.54) is 17.0 Å². The van der Waals surface area contributed by atoms with Gasteiger partial charge in [0.15, 0.2) is 0 Å². The Morgan fingerprint density at radius 2 is 1.68 bits per heavy atom. The summed E-state index contributed by atoms with van der Waals surface area (Å²) in [5.74, 6) is -0.458. The van der Waals surface area contributed by atoms with Crippen LogP contribution in [0.4, 0.5) is 14.9 Å². The maximum Gasteiger partial charge on any atom is 0.322 e. The van der Waals surface area contributed by atoms with E-state index in [2.05, 4.69) is 12.2 Å². The number of rotatable bonds is 10. The summed E-state index contributed by atoms with van der Waals surface area (Å²) >= 11 is 1.64. The van der Waals surface area contributed by atoms with Crippen molar-refractivity contribution in [3.05, 3.63) is 87.4 Å². The smallest absolute Gasteiger partial charge is 0.322 e. The lowest BCUT2D eigenvalue weighted by Crippen LogP contribution is -2.44. The Morgan fingerprint density at radius 1 is 0.941 bits per heavy atom. The van der Waals surface area contributed by atoms with Gasteiger partial charge in [0.2, 0.25) is 5.91 Å². The van der Waals surface area contributed by atoms with Crippen LogP contribution in [0.5, 0.6) is 0 Å². The van der Waals surface area contributed by atoms with Crippen molar-refractivity contribution in [2.45, 2.75) is 46.7 Å². The van der Waals surface area contributed by atoms with E-state index in [-0.39, 0.29) is 24.3 Å². The number of hydrogen-bond acceptors (Lipinski definition) is 3. The number of nitrogens with one attached hydrogen (secondary N) is 1. The number of amides is 3. The molecular formula is C27H32FN3O2S. The summed E-state index contributed by atoms with van der Waals surface area (Å²) in [6.45, 7) is 7.27. The molecule has 0 unspecified atom stereocenters. The Hall–Kier alpha value is -3.19. The first-order valence-electron chi connectivity index (χ1n) is 11.5. The van der Waals surface area contributed by atoms with Crippen molar-refractivity contribution >= 4 is 29.0 Å². The van der Waals surface area contributed by atoms with Crippen molar-refractivity contribution in [1.82, 2.24) is 9.80 Å². The number of nitrogens with zero attached hydrogens (tertiary/aromatic N) is 2. The third-order valence-corrected chi connectivity index (χ3v) is 6.55. The average Bonchev–Trinajstić information content (AvgIpc) is 3.23. The summed E-state index contributed by atoms with van der Waals surface area (Å²) in [5.41, 5.74) is 2.54. The normalized spacial score (nSPS) is 10.7. The van der Waals surface area contributed by atoms with Gasteiger partial charge in [0, 0.05) is 28.5 Å². The second-order valence-corrected chi connectivity index (χ2v) is 9.78. The molecule has 0 atom stereocenters. The SMILES string of the molecule is CCCCN(CC(=O)N(Cc1ccc(F)cc1)Cc1ccc(C)s1)C(=O)Nc1ccccc1C. The minimum absolute atomic E-state index is 0.0245. The molecule has 0 saturated carbocycles. The molecule has 3 amide bonds. The number of anilines is 1. The highest BCUT2D eigenvalue weighted by molar-refractivity contribution is 7.11. The summed E-state index contributed by atoms with van der Waals surface area (Å²) in [7, 11) is 0. The first-order valence-corrected chi connectivity index (χ1v) is 12.4. The number of hydrogen-bond donors (Lipinski definition) is 1. The van der Waals surface area contributed by atoms with Crippen LogP contribution in [0.3, 0.4) is 0 Å². The topological polar surface area (TPSA) is 52.7 Å². The van der Waals surface area contributed by atoms with Gasteiger partial charge < -0.3 is 15.1 Å². The van der Waals surface area contributed by atoms with Gasteiger partial charge in [0.25, 0.3) is 0 Å². The molecule has 0 aliphatic rings. The molecule has 0 aliphatic carbocycles. The van der Waals surface area contributed by atoms with Gasteiger partial charge in [0.1, 0.15) is 12.4 Å². The van der Waals surface area contributed by atoms with Crippen LogP contribution in [0.1, 0.15) is 40.6 Å². The van der Waals surface area contributed by atoms with Gasteiger partial charge in [-0.2, -0.15) is 0 Å². The molecule has 2 aromatic carbocycles. The first kappa shape index (κ1) is 25.4. The fraction of sp³-hybridized carbons (Fsp3) is 0.333. The summed E-state index contributed by atoms with van der Waals surface area (Å²) in [6.07, 6.45) is 1.71. The van der Waals surface area contributed by atoms with E-state index in [1.54, 1.807) is 33.3 Å². The molecular weight excluding hydrogens is 449 g/mol. The summed E-state index contributed by atoms with van der Waals surface area (Å²) < 4.78 is 13.4. The largest absolute Gasteiger partial charge is 0.332 e. The Morgan fingerprint density at radius 3 is 2.32 bits per heavy atom. The van der Waals surface area contributed by atoms with Crippen LogP contribution in [-0.4, -0.2) is 34.8 Å². The number of unbranched alkanes of at least 4 members (excludes halogenated alkanes) is 1. The van der Waals surface area contributed by atoms with E-state index in [1.807, 2.05) is 50.2 Å². The maximum atomic E-state index is 13.5. The second-order valence-electron chi connectivity index (χ2n) is 8.41. The summed E-state index contributed by atoms with van der Waals surface area (Å²) in [4.78, 5) is 32.1. The fourth-order valence-corrected chi connectivity index (χ4v) is 4.48. The van der Waals surface area contributed by atoms with Crippen LogP contribution in [0.15, 0.2) is 60.7 Å². The summed E-state index contributed by atoms with van der Waals surface area (Å²) in [6, 6.07) is 17.5. The standard InChI is InChI=1S/C27H32FN3O2S/c1-4-5-16-30(27(33)29-25-9-7-6-8-20(25)2)19-26(32)31(18-24-15-10-21(3)34-24)17-22-11-13-23(28)14-12-22/h6-15H,4-5,16-19H2,1-3H3,(H,29,33). The number of aryl methyl sites for hydroxylation is 2. The van der Waals surface area contributed by atoms with Crippen LogP contribution in [0.25, 0.3) is 0 Å². The van der Waals surface area contributed by atoms with Crippen LogP contribution < -0.4 is 5.32 Å². The van der Waals surface area contributed by atoms with Gasteiger partial charge >= 0.3 is 6.03 Å². The minimum Gasteiger partial charge on any atom is -0.332 e. The number of carbonyl (C=O) groups excluding carboxylic acids is 2. The van der Waals surface area contributed by atoms with E-state index in [4.69, 9.17) is 0 Å².